The molecular formula is C14H13BrN2S. The summed E-state index contributed by atoms with van der Waals surface area (Å²) < 4.78 is 1.16. The highest BCUT2D eigenvalue weighted by Gasteiger charge is 2.02. The van der Waals surface area contributed by atoms with Gasteiger partial charge in [-0.05, 0) is 39.7 Å². The third kappa shape index (κ3) is 2.51. The van der Waals surface area contributed by atoms with E-state index >= 15 is 0 Å². The topological polar surface area (TPSA) is 27.8 Å². The molecule has 0 amide bonds. The van der Waals surface area contributed by atoms with Gasteiger partial charge in [-0.3, -0.25) is 0 Å². The zero-order valence-electron chi connectivity index (χ0n) is 9.74. The highest BCUT2D eigenvalue weighted by Crippen LogP contribution is 2.20. The Morgan fingerprint density at radius 1 is 1.22 bits per heavy atom. The van der Waals surface area contributed by atoms with Crippen molar-refractivity contribution in [3.8, 4) is 0 Å². The van der Waals surface area contributed by atoms with Crippen molar-refractivity contribution in [3.63, 3.8) is 0 Å². The van der Waals surface area contributed by atoms with Crippen molar-refractivity contribution in [1.82, 2.24) is 10.3 Å². The van der Waals surface area contributed by atoms with E-state index in [0.29, 0.717) is 0 Å². The molecule has 1 aromatic carbocycles. The minimum absolute atomic E-state index is 0.894. The number of halogens is 1. The third-order valence-electron chi connectivity index (χ3n) is 2.92. The minimum atomic E-state index is 0.894. The number of aromatic nitrogens is 1. The van der Waals surface area contributed by atoms with Crippen molar-refractivity contribution < 1.29 is 0 Å². The molecule has 3 aromatic rings. The molecule has 0 aliphatic rings. The van der Waals surface area contributed by atoms with Gasteiger partial charge in [0.05, 0.1) is 0 Å². The first-order valence-electron chi connectivity index (χ1n) is 5.81. The lowest BCUT2D eigenvalue weighted by Crippen LogP contribution is -2.11. The van der Waals surface area contributed by atoms with Crippen LogP contribution in [0.15, 0.2) is 46.4 Å². The summed E-state index contributed by atoms with van der Waals surface area (Å²) in [5, 5.41) is 6.91. The maximum absolute atomic E-state index is 3.49. The maximum atomic E-state index is 3.49. The highest BCUT2D eigenvalue weighted by molar-refractivity contribution is 9.10. The van der Waals surface area contributed by atoms with Crippen LogP contribution >= 0.6 is 27.3 Å². The number of hydrogen-bond acceptors (Lipinski definition) is 2. The molecule has 0 atom stereocenters. The van der Waals surface area contributed by atoms with E-state index in [1.54, 1.807) is 11.3 Å². The van der Waals surface area contributed by atoms with Crippen molar-refractivity contribution in [2.45, 2.75) is 13.1 Å². The number of thiophene rings is 1. The molecular weight excluding hydrogens is 308 g/mol. The third-order valence-corrected chi connectivity index (χ3v) is 4.62. The van der Waals surface area contributed by atoms with Crippen molar-refractivity contribution in [2.24, 2.45) is 0 Å². The van der Waals surface area contributed by atoms with E-state index in [-0.39, 0.29) is 0 Å². The Balaban J connectivity index is 1.68. The van der Waals surface area contributed by atoms with Crippen LogP contribution in [0.4, 0.5) is 0 Å². The number of fused-ring (bicyclic) bond motifs is 1. The van der Waals surface area contributed by atoms with E-state index in [9.17, 15) is 0 Å². The molecule has 0 aliphatic carbocycles. The van der Waals surface area contributed by atoms with Gasteiger partial charge in [-0.25, -0.2) is 0 Å². The van der Waals surface area contributed by atoms with Crippen LogP contribution in [-0.2, 0) is 13.1 Å². The van der Waals surface area contributed by atoms with Crippen molar-refractivity contribution in [3.05, 3.63) is 56.8 Å². The van der Waals surface area contributed by atoms with Gasteiger partial charge in [-0.15, -0.1) is 11.3 Å². The molecule has 0 unspecified atom stereocenters. The lowest BCUT2D eigenvalue weighted by atomic mass is 10.1. The molecule has 0 saturated carbocycles. The number of benzene rings is 1. The fraction of sp³-hybridized carbons (Fsp3) is 0.143. The fourth-order valence-corrected chi connectivity index (χ4v) is 3.49. The second kappa shape index (κ2) is 5.26. The summed E-state index contributed by atoms with van der Waals surface area (Å²) in [5.41, 5.74) is 2.54. The Morgan fingerprint density at radius 3 is 3.00 bits per heavy atom. The standard InChI is InChI=1S/C14H13BrN2S/c15-11-6-12(18-9-11)8-16-7-10-2-1-3-14-13(10)4-5-17-14/h1-6,9,16-17H,7-8H2. The average Bonchev–Trinajstić information content (AvgIpc) is 2.98. The van der Waals surface area contributed by atoms with Crippen LogP contribution < -0.4 is 5.32 Å². The molecule has 0 fully saturated rings. The second-order valence-corrected chi connectivity index (χ2v) is 6.10. The van der Waals surface area contributed by atoms with Crippen LogP contribution in [0.3, 0.4) is 0 Å². The largest absolute Gasteiger partial charge is 0.361 e. The summed E-state index contributed by atoms with van der Waals surface area (Å²) in [6.07, 6.45) is 1.99. The van der Waals surface area contributed by atoms with E-state index in [2.05, 4.69) is 61.9 Å². The first kappa shape index (κ1) is 12.0. The summed E-state index contributed by atoms with van der Waals surface area (Å²) in [6, 6.07) is 10.7. The Kier molecular flexibility index (Phi) is 3.50. The van der Waals surface area contributed by atoms with Gasteiger partial charge in [0.25, 0.3) is 0 Å². The van der Waals surface area contributed by atoms with Crippen LogP contribution in [0.5, 0.6) is 0 Å². The average molecular weight is 321 g/mol. The SMILES string of the molecule is Brc1csc(CNCc2cccc3[nH]ccc23)c1. The first-order valence-corrected chi connectivity index (χ1v) is 7.49. The Hall–Kier alpha value is -1.10. The van der Waals surface area contributed by atoms with E-state index < -0.39 is 0 Å². The summed E-state index contributed by atoms with van der Waals surface area (Å²) in [4.78, 5) is 4.59. The summed E-state index contributed by atoms with van der Waals surface area (Å²) in [5.74, 6) is 0. The van der Waals surface area contributed by atoms with E-state index in [4.69, 9.17) is 0 Å². The number of hydrogen-bond donors (Lipinski definition) is 2. The second-order valence-electron chi connectivity index (χ2n) is 4.19. The Bertz CT molecular complexity index is 656. The monoisotopic (exact) mass is 320 g/mol. The van der Waals surface area contributed by atoms with Crippen LogP contribution in [0.25, 0.3) is 10.9 Å². The van der Waals surface area contributed by atoms with E-state index in [1.165, 1.54) is 21.3 Å². The predicted molar refractivity (Wildman–Crippen MR) is 80.9 cm³/mol. The number of rotatable bonds is 4. The van der Waals surface area contributed by atoms with E-state index in [1.807, 2.05) is 6.20 Å². The smallest absolute Gasteiger partial charge is 0.0457 e. The molecule has 2 aromatic heterocycles. The summed E-state index contributed by atoms with van der Waals surface area (Å²) in [6.45, 7) is 1.81. The minimum Gasteiger partial charge on any atom is -0.361 e. The van der Waals surface area contributed by atoms with Gasteiger partial charge in [0.1, 0.15) is 0 Å². The molecule has 2 nitrogen and oxygen atoms in total. The molecule has 3 rings (SSSR count). The first-order chi connectivity index (χ1) is 8.83. The fourth-order valence-electron chi connectivity index (χ4n) is 2.07. The summed E-state index contributed by atoms with van der Waals surface area (Å²) >= 11 is 5.25. The van der Waals surface area contributed by atoms with Crippen molar-refractivity contribution in [1.29, 1.82) is 0 Å². The normalized spacial score (nSPS) is 11.2. The molecule has 0 radical (unpaired) electrons. The van der Waals surface area contributed by atoms with Crippen molar-refractivity contribution in [2.75, 3.05) is 0 Å². The predicted octanol–water partition coefficient (Wildman–Crippen LogP) is 4.28. The number of aromatic amines is 1. The lowest BCUT2D eigenvalue weighted by Gasteiger charge is -2.05. The summed E-state index contributed by atoms with van der Waals surface area (Å²) in [7, 11) is 0. The van der Waals surface area contributed by atoms with Crippen LogP contribution in [0, 0.1) is 0 Å². The molecule has 2 heterocycles. The van der Waals surface area contributed by atoms with E-state index in [0.717, 1.165) is 17.6 Å². The molecule has 4 heteroatoms. The molecule has 2 N–H and O–H groups in total. The van der Waals surface area contributed by atoms with Gasteiger partial charge in [0.15, 0.2) is 0 Å². The lowest BCUT2D eigenvalue weighted by molar-refractivity contribution is 0.704. The van der Waals surface area contributed by atoms with Gasteiger partial charge in [-0.2, -0.15) is 0 Å². The number of H-pyrrole nitrogens is 1. The zero-order valence-corrected chi connectivity index (χ0v) is 12.1. The quantitative estimate of drug-likeness (QED) is 0.737. The molecule has 0 aliphatic heterocycles. The van der Waals surface area contributed by atoms with Gasteiger partial charge < -0.3 is 10.3 Å². The highest BCUT2D eigenvalue weighted by atomic mass is 79.9. The molecule has 0 saturated heterocycles. The number of nitrogens with one attached hydrogen (secondary N) is 2. The molecule has 0 bridgehead atoms. The Labute approximate surface area is 118 Å². The molecule has 18 heavy (non-hydrogen) atoms. The van der Waals surface area contributed by atoms with Crippen LogP contribution in [-0.4, -0.2) is 4.98 Å². The van der Waals surface area contributed by atoms with Crippen LogP contribution in [0.1, 0.15) is 10.4 Å². The Morgan fingerprint density at radius 2 is 2.17 bits per heavy atom. The maximum Gasteiger partial charge on any atom is 0.0457 e. The van der Waals surface area contributed by atoms with Gasteiger partial charge in [0, 0.05) is 44.9 Å². The van der Waals surface area contributed by atoms with Crippen LogP contribution in [0.2, 0.25) is 0 Å². The van der Waals surface area contributed by atoms with Gasteiger partial charge in [0.2, 0.25) is 0 Å². The van der Waals surface area contributed by atoms with Gasteiger partial charge >= 0.3 is 0 Å². The molecule has 92 valence electrons. The van der Waals surface area contributed by atoms with Gasteiger partial charge in [-0.1, -0.05) is 12.1 Å². The molecule has 0 spiro atoms. The van der Waals surface area contributed by atoms with Crippen molar-refractivity contribution >= 4 is 38.2 Å². The zero-order chi connectivity index (χ0) is 12.4.